The predicted octanol–water partition coefficient (Wildman–Crippen LogP) is 6.24. The third-order valence-corrected chi connectivity index (χ3v) is 7.38. The van der Waals surface area contributed by atoms with Gasteiger partial charge in [-0.05, 0) is 60.2 Å². The SMILES string of the molecule is O=C(Nc1ccc(Br)cc1F)c1ccc(CN(c2ccccc2)S(=O)(=O)c2ccccc2)cc1. The Morgan fingerprint density at radius 1 is 0.853 bits per heavy atom. The van der Waals surface area contributed by atoms with Crippen molar-refractivity contribution in [3.63, 3.8) is 0 Å². The zero-order chi connectivity index (χ0) is 24.1. The standard InChI is InChI=1S/C26H20BrFN2O3S/c27-21-15-16-25(24(28)17-21)29-26(31)20-13-11-19(12-14-20)18-30(22-7-3-1-4-8-22)34(32,33)23-9-5-2-6-10-23/h1-17H,18H2,(H,29,31). The topological polar surface area (TPSA) is 66.5 Å². The molecule has 8 heteroatoms. The van der Waals surface area contributed by atoms with Crippen LogP contribution in [0.1, 0.15) is 15.9 Å². The van der Waals surface area contributed by atoms with Crippen LogP contribution in [0.5, 0.6) is 0 Å². The quantitative estimate of drug-likeness (QED) is 0.303. The molecule has 4 aromatic rings. The molecule has 4 rings (SSSR count). The Morgan fingerprint density at radius 3 is 2.09 bits per heavy atom. The summed E-state index contributed by atoms with van der Waals surface area (Å²) in [6.45, 7) is 0.0739. The van der Waals surface area contributed by atoms with Gasteiger partial charge in [0.15, 0.2) is 0 Å². The Morgan fingerprint density at radius 2 is 1.47 bits per heavy atom. The fourth-order valence-corrected chi connectivity index (χ4v) is 5.15. The molecule has 172 valence electrons. The summed E-state index contributed by atoms with van der Waals surface area (Å²) in [7, 11) is -3.82. The Labute approximate surface area is 206 Å². The van der Waals surface area contributed by atoms with Crippen molar-refractivity contribution in [1.82, 2.24) is 0 Å². The summed E-state index contributed by atoms with van der Waals surface area (Å²) in [6, 6.07) is 28.0. The third kappa shape index (κ3) is 5.35. The summed E-state index contributed by atoms with van der Waals surface area (Å²) in [6.07, 6.45) is 0. The molecule has 0 aromatic heterocycles. The number of nitrogens with one attached hydrogen (secondary N) is 1. The van der Waals surface area contributed by atoms with Crippen LogP contribution < -0.4 is 9.62 Å². The monoisotopic (exact) mass is 538 g/mol. The average molecular weight is 539 g/mol. The van der Waals surface area contributed by atoms with E-state index in [0.717, 1.165) is 0 Å². The van der Waals surface area contributed by atoms with Crippen LogP contribution in [0.3, 0.4) is 0 Å². The van der Waals surface area contributed by atoms with Gasteiger partial charge in [0.2, 0.25) is 0 Å². The Balaban J connectivity index is 1.57. The van der Waals surface area contributed by atoms with Crippen molar-refractivity contribution in [2.24, 2.45) is 0 Å². The van der Waals surface area contributed by atoms with Crippen molar-refractivity contribution in [3.05, 3.63) is 125 Å². The Kier molecular flexibility index (Phi) is 7.09. The molecule has 0 saturated heterocycles. The molecular weight excluding hydrogens is 519 g/mol. The molecule has 0 heterocycles. The lowest BCUT2D eigenvalue weighted by atomic mass is 10.1. The summed E-state index contributed by atoms with van der Waals surface area (Å²) in [5.41, 5.74) is 1.61. The molecule has 1 amide bonds. The van der Waals surface area contributed by atoms with Crippen molar-refractivity contribution in [2.75, 3.05) is 9.62 Å². The number of anilines is 2. The number of carbonyl (C=O) groups is 1. The van der Waals surface area contributed by atoms with Crippen LogP contribution in [0.4, 0.5) is 15.8 Å². The summed E-state index contributed by atoms with van der Waals surface area (Å²) >= 11 is 3.18. The van der Waals surface area contributed by atoms with E-state index in [4.69, 9.17) is 0 Å². The van der Waals surface area contributed by atoms with Gasteiger partial charge >= 0.3 is 0 Å². The van der Waals surface area contributed by atoms with Crippen molar-refractivity contribution in [2.45, 2.75) is 11.4 Å². The normalized spacial score (nSPS) is 11.1. The summed E-state index contributed by atoms with van der Waals surface area (Å²) in [5, 5.41) is 2.54. The van der Waals surface area contributed by atoms with Gasteiger partial charge in [0, 0.05) is 10.0 Å². The highest BCUT2D eigenvalue weighted by molar-refractivity contribution is 9.10. The van der Waals surface area contributed by atoms with Crippen LogP contribution in [0.15, 0.2) is 112 Å². The molecule has 0 aliphatic carbocycles. The minimum Gasteiger partial charge on any atom is -0.319 e. The van der Waals surface area contributed by atoms with Gasteiger partial charge in [0.25, 0.3) is 15.9 Å². The van der Waals surface area contributed by atoms with Gasteiger partial charge in [-0.1, -0.05) is 64.5 Å². The van der Waals surface area contributed by atoms with E-state index in [0.29, 0.717) is 21.3 Å². The highest BCUT2D eigenvalue weighted by Gasteiger charge is 2.25. The number of para-hydroxylation sites is 1. The minimum atomic E-state index is -3.82. The summed E-state index contributed by atoms with van der Waals surface area (Å²) < 4.78 is 42.7. The van der Waals surface area contributed by atoms with E-state index in [1.807, 2.05) is 6.07 Å². The fourth-order valence-electron chi connectivity index (χ4n) is 3.34. The Hall–Kier alpha value is -3.49. The van der Waals surface area contributed by atoms with Crippen molar-refractivity contribution < 1.29 is 17.6 Å². The lowest BCUT2D eigenvalue weighted by molar-refractivity contribution is 0.102. The molecule has 5 nitrogen and oxygen atoms in total. The lowest BCUT2D eigenvalue weighted by Crippen LogP contribution is -2.30. The maximum Gasteiger partial charge on any atom is 0.264 e. The minimum absolute atomic E-state index is 0.0708. The highest BCUT2D eigenvalue weighted by atomic mass is 79.9. The zero-order valence-electron chi connectivity index (χ0n) is 17.9. The maximum absolute atomic E-state index is 14.0. The molecule has 0 aliphatic heterocycles. The van der Waals surface area contributed by atoms with Crippen molar-refractivity contribution in [1.29, 1.82) is 0 Å². The van der Waals surface area contributed by atoms with Crippen LogP contribution in [-0.2, 0) is 16.6 Å². The predicted molar refractivity (Wildman–Crippen MR) is 135 cm³/mol. The van der Waals surface area contributed by atoms with E-state index in [-0.39, 0.29) is 17.1 Å². The van der Waals surface area contributed by atoms with Crippen LogP contribution in [0, 0.1) is 5.82 Å². The first-order chi connectivity index (χ1) is 16.3. The number of halogens is 2. The molecule has 0 aliphatic rings. The van der Waals surface area contributed by atoms with Crippen LogP contribution in [0.25, 0.3) is 0 Å². The van der Waals surface area contributed by atoms with Gasteiger partial charge in [-0.2, -0.15) is 0 Å². The van der Waals surface area contributed by atoms with Gasteiger partial charge in [0.1, 0.15) is 5.82 Å². The van der Waals surface area contributed by atoms with Gasteiger partial charge in [-0.25, -0.2) is 12.8 Å². The number of hydrogen-bond donors (Lipinski definition) is 1. The van der Waals surface area contributed by atoms with E-state index in [1.54, 1.807) is 84.9 Å². The van der Waals surface area contributed by atoms with Crippen LogP contribution in [-0.4, -0.2) is 14.3 Å². The molecule has 34 heavy (non-hydrogen) atoms. The zero-order valence-corrected chi connectivity index (χ0v) is 20.3. The molecular formula is C26H20BrFN2O3S. The molecule has 0 unspecified atom stereocenters. The Bertz CT molecular complexity index is 1400. The maximum atomic E-state index is 14.0. The summed E-state index contributed by atoms with van der Waals surface area (Å²) in [4.78, 5) is 12.7. The number of nitrogens with zero attached hydrogens (tertiary/aromatic N) is 1. The van der Waals surface area contributed by atoms with Gasteiger partial charge < -0.3 is 5.32 Å². The van der Waals surface area contributed by atoms with Gasteiger partial charge in [-0.3, -0.25) is 9.10 Å². The van der Waals surface area contributed by atoms with E-state index in [2.05, 4.69) is 21.2 Å². The van der Waals surface area contributed by atoms with Crippen LogP contribution >= 0.6 is 15.9 Å². The molecule has 0 radical (unpaired) electrons. The number of hydrogen-bond acceptors (Lipinski definition) is 3. The molecule has 4 aromatic carbocycles. The molecule has 0 atom stereocenters. The lowest BCUT2D eigenvalue weighted by Gasteiger charge is -2.25. The van der Waals surface area contributed by atoms with Gasteiger partial charge in [-0.15, -0.1) is 0 Å². The average Bonchev–Trinajstić information content (AvgIpc) is 2.85. The number of benzene rings is 4. The molecule has 0 saturated carbocycles. The van der Waals surface area contributed by atoms with Crippen molar-refractivity contribution in [3.8, 4) is 0 Å². The molecule has 0 fully saturated rings. The van der Waals surface area contributed by atoms with Crippen molar-refractivity contribution >= 4 is 43.2 Å². The fraction of sp³-hybridized carbons (Fsp3) is 0.0385. The molecule has 0 spiro atoms. The largest absolute Gasteiger partial charge is 0.319 e. The van der Waals surface area contributed by atoms with E-state index in [1.165, 1.54) is 16.4 Å². The van der Waals surface area contributed by atoms with E-state index >= 15 is 0 Å². The molecule has 0 bridgehead atoms. The van der Waals surface area contributed by atoms with Crippen LogP contribution in [0.2, 0.25) is 0 Å². The van der Waals surface area contributed by atoms with E-state index < -0.39 is 21.7 Å². The first-order valence-corrected chi connectivity index (χ1v) is 12.6. The highest BCUT2D eigenvalue weighted by Crippen LogP contribution is 2.26. The number of amides is 1. The van der Waals surface area contributed by atoms with E-state index in [9.17, 15) is 17.6 Å². The second-order valence-corrected chi connectivity index (χ2v) is 10.2. The first kappa shape index (κ1) is 23.7. The number of rotatable bonds is 7. The third-order valence-electron chi connectivity index (χ3n) is 5.10. The second-order valence-electron chi connectivity index (χ2n) is 7.44. The number of sulfonamides is 1. The first-order valence-electron chi connectivity index (χ1n) is 10.3. The second kappa shape index (κ2) is 10.2. The number of carbonyl (C=O) groups excluding carboxylic acids is 1. The van der Waals surface area contributed by atoms with Gasteiger partial charge in [0.05, 0.1) is 22.8 Å². The smallest absolute Gasteiger partial charge is 0.264 e. The summed E-state index contributed by atoms with van der Waals surface area (Å²) in [5.74, 6) is -1.02. The molecule has 1 N–H and O–H groups in total.